The first-order valence-electron chi connectivity index (χ1n) is 5.86. The molecule has 0 amide bonds. The van der Waals surface area contributed by atoms with Crippen molar-refractivity contribution >= 4 is 68.4 Å². The Bertz CT molecular complexity index is 670. The number of carboxylic acid groups (broad SMARTS) is 1. The largest absolute Gasteiger partial charge is 0.490 e. The molecule has 118 valence electrons. The van der Waals surface area contributed by atoms with Crippen molar-refractivity contribution in [2.75, 3.05) is 12.9 Å². The van der Waals surface area contributed by atoms with Crippen LogP contribution >= 0.6 is 56.6 Å². The molecule has 1 atom stereocenters. The highest BCUT2D eigenvalue weighted by molar-refractivity contribution is 8.34. The fourth-order valence-corrected chi connectivity index (χ4v) is 3.80. The third-order valence-electron chi connectivity index (χ3n) is 3.05. The zero-order chi connectivity index (χ0) is 16.4. The zero-order valence-electron chi connectivity index (χ0n) is 11.1. The maximum absolute atomic E-state index is 12.3. The van der Waals surface area contributed by atoms with Crippen LogP contribution in [0.5, 0.6) is 5.75 Å². The Morgan fingerprint density at radius 3 is 2.64 bits per heavy atom. The van der Waals surface area contributed by atoms with E-state index in [-0.39, 0.29) is 28.0 Å². The summed E-state index contributed by atoms with van der Waals surface area (Å²) in [6.07, 6.45) is 3.11. The quantitative estimate of drug-likeness (QED) is 0.565. The highest BCUT2D eigenvalue weighted by Gasteiger charge is 2.34. The molecule has 1 unspecified atom stereocenters. The lowest BCUT2D eigenvalue weighted by Gasteiger charge is -2.09. The van der Waals surface area contributed by atoms with Gasteiger partial charge in [0.15, 0.2) is 5.78 Å². The number of carbonyl (C=O) groups excluding carboxylic acids is 1. The first kappa shape index (κ1) is 17.8. The van der Waals surface area contributed by atoms with Crippen molar-refractivity contribution < 1.29 is 19.4 Å². The second-order valence-corrected chi connectivity index (χ2v) is 7.20. The van der Waals surface area contributed by atoms with Gasteiger partial charge in [-0.15, -0.1) is 11.8 Å². The number of fused-ring (bicyclic) bond motifs is 1. The molecule has 1 heterocycles. The molecule has 0 bridgehead atoms. The highest BCUT2D eigenvalue weighted by Crippen LogP contribution is 2.45. The number of aliphatic carboxylic acids is 1. The third-order valence-corrected chi connectivity index (χ3v) is 6.21. The third kappa shape index (κ3) is 3.36. The SMILES string of the molecule is CSC(=CC(=O)c1cc2c(c(Cl)c1Cl)OCC2C(=O)O)SCl. The fraction of sp³-hybridized carbons (Fsp3) is 0.231. The summed E-state index contributed by atoms with van der Waals surface area (Å²) in [5.41, 5.74) is 0.474. The summed E-state index contributed by atoms with van der Waals surface area (Å²) in [7, 11) is 6.56. The minimum atomic E-state index is -1.05. The Morgan fingerprint density at radius 1 is 1.41 bits per heavy atom. The number of hydrogen-bond acceptors (Lipinski definition) is 5. The molecule has 0 aliphatic carbocycles. The monoisotopic (exact) mass is 398 g/mol. The van der Waals surface area contributed by atoms with Crippen LogP contribution in [0.3, 0.4) is 0 Å². The molecule has 1 N–H and O–H groups in total. The van der Waals surface area contributed by atoms with Gasteiger partial charge < -0.3 is 9.84 Å². The van der Waals surface area contributed by atoms with Crippen molar-refractivity contribution in [3.8, 4) is 5.75 Å². The van der Waals surface area contributed by atoms with Gasteiger partial charge in [-0.2, -0.15) is 0 Å². The van der Waals surface area contributed by atoms with Gasteiger partial charge in [0.05, 0.1) is 9.26 Å². The first-order chi connectivity index (χ1) is 10.4. The normalized spacial score (nSPS) is 17.1. The molecule has 1 aromatic rings. The number of rotatable bonds is 5. The summed E-state index contributed by atoms with van der Waals surface area (Å²) in [5.74, 6) is -2.10. The average molecular weight is 400 g/mol. The molecule has 0 spiro atoms. The Balaban J connectivity index is 2.53. The summed E-state index contributed by atoms with van der Waals surface area (Å²) < 4.78 is 5.88. The summed E-state index contributed by atoms with van der Waals surface area (Å²) >= 11 is 13.5. The van der Waals surface area contributed by atoms with E-state index in [1.807, 2.05) is 0 Å². The number of halogens is 3. The lowest BCUT2D eigenvalue weighted by molar-refractivity contribution is -0.138. The summed E-state index contributed by atoms with van der Waals surface area (Å²) in [4.78, 5) is 23.6. The fourth-order valence-electron chi connectivity index (χ4n) is 1.97. The predicted molar refractivity (Wildman–Crippen MR) is 91.7 cm³/mol. The van der Waals surface area contributed by atoms with Crippen LogP contribution in [0.4, 0.5) is 0 Å². The van der Waals surface area contributed by atoms with Gasteiger partial charge in [-0.3, -0.25) is 9.59 Å². The van der Waals surface area contributed by atoms with Gasteiger partial charge in [0.25, 0.3) is 0 Å². The van der Waals surface area contributed by atoms with Crippen LogP contribution < -0.4 is 4.74 Å². The number of benzene rings is 1. The van der Waals surface area contributed by atoms with E-state index >= 15 is 0 Å². The van der Waals surface area contributed by atoms with Crippen LogP contribution in [0, 0.1) is 0 Å². The highest BCUT2D eigenvalue weighted by atomic mass is 35.7. The molecule has 1 aliphatic heterocycles. The number of carboxylic acids is 1. The smallest absolute Gasteiger partial charge is 0.314 e. The van der Waals surface area contributed by atoms with E-state index in [9.17, 15) is 14.7 Å². The molecule has 1 aromatic carbocycles. The Hall–Kier alpha value is -0.530. The van der Waals surface area contributed by atoms with E-state index in [2.05, 4.69) is 0 Å². The van der Waals surface area contributed by atoms with Gasteiger partial charge >= 0.3 is 5.97 Å². The maximum atomic E-state index is 12.3. The average Bonchev–Trinajstić information content (AvgIpc) is 2.92. The Morgan fingerprint density at radius 2 is 2.09 bits per heavy atom. The van der Waals surface area contributed by atoms with Crippen molar-refractivity contribution in [3.63, 3.8) is 0 Å². The van der Waals surface area contributed by atoms with E-state index in [0.717, 1.165) is 11.0 Å². The Labute approximate surface area is 149 Å². The van der Waals surface area contributed by atoms with Crippen molar-refractivity contribution in [1.82, 2.24) is 0 Å². The number of thioether (sulfide) groups is 1. The number of allylic oxidation sites excluding steroid dienone is 1. The predicted octanol–water partition coefficient (Wildman–Crippen LogP) is 4.83. The van der Waals surface area contributed by atoms with E-state index in [1.54, 1.807) is 6.26 Å². The van der Waals surface area contributed by atoms with E-state index in [4.69, 9.17) is 38.6 Å². The van der Waals surface area contributed by atoms with Crippen LogP contribution in [0.1, 0.15) is 21.8 Å². The molecule has 0 saturated carbocycles. The lowest BCUT2D eigenvalue weighted by atomic mass is 9.97. The van der Waals surface area contributed by atoms with E-state index in [0.29, 0.717) is 9.80 Å². The summed E-state index contributed by atoms with van der Waals surface area (Å²) in [6, 6.07) is 1.42. The van der Waals surface area contributed by atoms with Crippen molar-refractivity contribution in [2.24, 2.45) is 0 Å². The van der Waals surface area contributed by atoms with Gasteiger partial charge in [0, 0.05) is 17.2 Å². The van der Waals surface area contributed by atoms with Gasteiger partial charge in [-0.25, -0.2) is 0 Å². The standard InChI is InChI=1S/C13H9Cl3O4S2/c1-21-9(22-16)3-8(17)6-2-5-7(13(18)19)4-20-12(5)11(15)10(6)14/h2-3,7H,4H2,1H3,(H,18,19). The van der Waals surface area contributed by atoms with Crippen molar-refractivity contribution in [3.05, 3.63) is 37.6 Å². The summed E-state index contributed by atoms with van der Waals surface area (Å²) in [6.45, 7) is -0.0399. The molecule has 0 aromatic heterocycles. The minimum absolute atomic E-state index is 0.0349. The lowest BCUT2D eigenvalue weighted by Crippen LogP contribution is -2.12. The topological polar surface area (TPSA) is 63.6 Å². The van der Waals surface area contributed by atoms with E-state index in [1.165, 1.54) is 23.9 Å². The minimum Gasteiger partial charge on any atom is -0.490 e. The Kier molecular flexibility index (Phi) is 5.96. The van der Waals surface area contributed by atoms with Crippen molar-refractivity contribution in [1.29, 1.82) is 0 Å². The van der Waals surface area contributed by atoms with Gasteiger partial charge in [0.1, 0.15) is 23.3 Å². The van der Waals surface area contributed by atoms with Crippen LogP contribution in [-0.2, 0) is 4.79 Å². The van der Waals surface area contributed by atoms with Crippen LogP contribution in [0.15, 0.2) is 16.4 Å². The molecule has 1 aliphatic rings. The first-order valence-corrected chi connectivity index (χ1v) is 9.49. The molecular formula is C13H9Cl3O4S2. The van der Waals surface area contributed by atoms with Crippen LogP contribution in [-0.4, -0.2) is 29.7 Å². The molecule has 4 nitrogen and oxygen atoms in total. The number of ketones is 1. The van der Waals surface area contributed by atoms with Crippen LogP contribution in [0.2, 0.25) is 10.0 Å². The number of hydrogen-bond donors (Lipinski definition) is 1. The molecule has 0 radical (unpaired) electrons. The molecule has 0 saturated heterocycles. The summed E-state index contributed by atoms with van der Waals surface area (Å²) in [5, 5.41) is 9.27. The molecule has 9 heteroatoms. The van der Waals surface area contributed by atoms with Gasteiger partial charge in [-0.05, 0) is 34.0 Å². The number of ether oxygens (including phenoxy) is 1. The second kappa shape index (κ2) is 7.36. The van der Waals surface area contributed by atoms with E-state index < -0.39 is 17.7 Å². The molecule has 2 rings (SSSR count). The van der Waals surface area contributed by atoms with Crippen molar-refractivity contribution in [2.45, 2.75) is 5.92 Å². The molecular weight excluding hydrogens is 391 g/mol. The molecule has 22 heavy (non-hydrogen) atoms. The zero-order valence-corrected chi connectivity index (χ0v) is 15.0. The van der Waals surface area contributed by atoms with Gasteiger partial charge in [-0.1, -0.05) is 23.2 Å². The second-order valence-electron chi connectivity index (χ2n) is 4.28. The van der Waals surface area contributed by atoms with Gasteiger partial charge in [0.2, 0.25) is 0 Å². The van der Waals surface area contributed by atoms with Crippen LogP contribution in [0.25, 0.3) is 0 Å². The number of carbonyl (C=O) groups is 2. The molecule has 0 fully saturated rings. The maximum Gasteiger partial charge on any atom is 0.314 e.